The Morgan fingerprint density at radius 3 is 2.77 bits per heavy atom. The third kappa shape index (κ3) is 3.04. The topological polar surface area (TPSA) is 93.8 Å². The number of carboxylic acids is 1. The van der Waals surface area contributed by atoms with Crippen LogP contribution in [0.4, 0.5) is 4.39 Å². The summed E-state index contributed by atoms with van der Waals surface area (Å²) in [7, 11) is 0. The Morgan fingerprint density at radius 2 is 1.90 bits per heavy atom. The highest BCUT2D eigenvalue weighted by Gasteiger charge is 2.15. The second kappa shape index (κ2) is 7.00. The number of aromatic nitrogens is 5. The summed E-state index contributed by atoms with van der Waals surface area (Å²) < 4.78 is 16.1. The number of carboxylic acid groups (broad SMARTS) is 1. The van der Waals surface area contributed by atoms with E-state index in [1.165, 1.54) is 16.8 Å². The zero-order valence-corrected chi connectivity index (χ0v) is 15.5. The Kier molecular flexibility index (Phi) is 4.17. The number of benzene rings is 2. The Hall–Kier alpha value is -4.20. The third-order valence-electron chi connectivity index (χ3n) is 4.88. The van der Waals surface area contributed by atoms with Gasteiger partial charge in [-0.05, 0) is 30.3 Å². The van der Waals surface area contributed by atoms with Crippen LogP contribution < -0.4 is 0 Å². The molecule has 0 radical (unpaired) electrons. The van der Waals surface area contributed by atoms with Gasteiger partial charge in [0.2, 0.25) is 0 Å². The van der Waals surface area contributed by atoms with E-state index in [2.05, 4.69) is 20.3 Å². The summed E-state index contributed by atoms with van der Waals surface area (Å²) in [4.78, 5) is 20.3. The van der Waals surface area contributed by atoms with E-state index in [1.54, 1.807) is 48.7 Å². The summed E-state index contributed by atoms with van der Waals surface area (Å²) in [5.74, 6) is -1.43. The maximum Gasteiger partial charge on any atom is 0.336 e. The van der Waals surface area contributed by atoms with Crippen LogP contribution >= 0.6 is 0 Å². The van der Waals surface area contributed by atoms with Crippen molar-refractivity contribution in [1.82, 2.24) is 25.0 Å². The lowest BCUT2D eigenvalue weighted by Gasteiger charge is -2.08. The lowest BCUT2D eigenvalue weighted by atomic mass is 10.0. The molecule has 0 aliphatic carbocycles. The van der Waals surface area contributed by atoms with Gasteiger partial charge in [-0.2, -0.15) is 0 Å². The molecule has 30 heavy (non-hydrogen) atoms. The Bertz CT molecular complexity index is 1430. The maximum absolute atomic E-state index is 14.6. The van der Waals surface area contributed by atoms with Crippen LogP contribution in [0, 0.1) is 5.82 Å². The van der Waals surface area contributed by atoms with Gasteiger partial charge in [-0.1, -0.05) is 29.5 Å². The number of rotatable bonds is 4. The SMILES string of the molecule is O=C(O)c1ccccc1-c1ccc2nnn(Cc3cc4cccnc4cc3F)c2n1. The van der Waals surface area contributed by atoms with E-state index in [1.807, 2.05) is 6.07 Å². The zero-order valence-electron chi connectivity index (χ0n) is 15.5. The molecular formula is C22H14FN5O2. The van der Waals surface area contributed by atoms with Crippen LogP contribution in [-0.4, -0.2) is 36.0 Å². The standard InChI is InChI=1S/C22H14FN5O2/c23-17-11-20-13(4-3-9-24-20)10-14(17)12-28-21-19(26-27-28)8-7-18(25-21)15-5-1-2-6-16(15)22(29)30/h1-11H,12H2,(H,29,30). The van der Waals surface area contributed by atoms with Gasteiger partial charge in [0.15, 0.2) is 5.65 Å². The average molecular weight is 399 g/mol. The Morgan fingerprint density at radius 1 is 1.03 bits per heavy atom. The maximum atomic E-state index is 14.6. The van der Waals surface area contributed by atoms with Gasteiger partial charge in [-0.3, -0.25) is 4.98 Å². The molecule has 3 aromatic heterocycles. The minimum absolute atomic E-state index is 0.129. The molecule has 7 nitrogen and oxygen atoms in total. The van der Waals surface area contributed by atoms with Crippen LogP contribution in [0.15, 0.2) is 66.9 Å². The minimum atomic E-state index is -1.04. The molecule has 0 amide bonds. The van der Waals surface area contributed by atoms with Crippen LogP contribution in [-0.2, 0) is 6.54 Å². The lowest BCUT2D eigenvalue weighted by molar-refractivity contribution is 0.0697. The molecule has 0 bridgehead atoms. The van der Waals surface area contributed by atoms with Gasteiger partial charge in [0.25, 0.3) is 0 Å². The largest absolute Gasteiger partial charge is 0.478 e. The number of halogens is 1. The van der Waals surface area contributed by atoms with E-state index in [0.29, 0.717) is 33.5 Å². The number of pyridine rings is 2. The number of hydrogen-bond acceptors (Lipinski definition) is 5. The molecule has 0 fully saturated rings. The second-order valence-corrected chi connectivity index (χ2v) is 6.78. The first-order valence-electron chi connectivity index (χ1n) is 9.16. The fourth-order valence-corrected chi connectivity index (χ4v) is 3.43. The molecule has 0 aliphatic rings. The van der Waals surface area contributed by atoms with Crippen molar-refractivity contribution in [3.8, 4) is 11.3 Å². The predicted molar refractivity (Wildman–Crippen MR) is 109 cm³/mol. The second-order valence-electron chi connectivity index (χ2n) is 6.78. The van der Waals surface area contributed by atoms with Gasteiger partial charge in [-0.25, -0.2) is 18.9 Å². The molecule has 3 heterocycles. The van der Waals surface area contributed by atoms with Crippen molar-refractivity contribution in [2.24, 2.45) is 0 Å². The van der Waals surface area contributed by atoms with E-state index in [-0.39, 0.29) is 12.1 Å². The van der Waals surface area contributed by atoms with Gasteiger partial charge in [-0.15, -0.1) is 5.10 Å². The van der Waals surface area contributed by atoms with Gasteiger partial charge < -0.3 is 5.11 Å². The smallest absolute Gasteiger partial charge is 0.336 e. The van der Waals surface area contributed by atoms with Crippen molar-refractivity contribution >= 4 is 28.0 Å². The van der Waals surface area contributed by atoms with Crippen molar-refractivity contribution in [3.05, 3.63) is 83.8 Å². The van der Waals surface area contributed by atoms with Gasteiger partial charge in [0.05, 0.1) is 23.3 Å². The van der Waals surface area contributed by atoms with E-state index in [9.17, 15) is 14.3 Å². The van der Waals surface area contributed by atoms with E-state index in [0.717, 1.165) is 5.39 Å². The van der Waals surface area contributed by atoms with Gasteiger partial charge >= 0.3 is 5.97 Å². The predicted octanol–water partition coefficient (Wildman–Crippen LogP) is 3.93. The molecule has 0 unspecified atom stereocenters. The van der Waals surface area contributed by atoms with Crippen molar-refractivity contribution < 1.29 is 14.3 Å². The molecule has 0 saturated heterocycles. The molecule has 0 aliphatic heterocycles. The summed E-state index contributed by atoms with van der Waals surface area (Å²) in [5.41, 5.74) is 3.10. The molecule has 0 spiro atoms. The fraction of sp³-hybridized carbons (Fsp3) is 0.0455. The summed E-state index contributed by atoms with van der Waals surface area (Å²) in [5, 5.41) is 18.5. The van der Waals surface area contributed by atoms with E-state index in [4.69, 9.17) is 0 Å². The highest BCUT2D eigenvalue weighted by atomic mass is 19.1. The first kappa shape index (κ1) is 17.9. The van der Waals surface area contributed by atoms with Crippen molar-refractivity contribution in [1.29, 1.82) is 0 Å². The molecule has 1 N–H and O–H groups in total. The van der Waals surface area contributed by atoms with E-state index >= 15 is 0 Å². The van der Waals surface area contributed by atoms with E-state index < -0.39 is 11.8 Å². The monoisotopic (exact) mass is 399 g/mol. The summed E-state index contributed by atoms with van der Waals surface area (Å²) in [6, 6.07) is 16.8. The number of carbonyl (C=O) groups is 1. The fourth-order valence-electron chi connectivity index (χ4n) is 3.43. The quantitative estimate of drug-likeness (QED) is 0.492. The van der Waals surface area contributed by atoms with Gasteiger partial charge in [0, 0.05) is 28.8 Å². The van der Waals surface area contributed by atoms with Crippen molar-refractivity contribution in [2.45, 2.75) is 6.54 Å². The zero-order chi connectivity index (χ0) is 20.7. The number of aromatic carboxylic acids is 1. The highest BCUT2D eigenvalue weighted by molar-refractivity contribution is 5.95. The summed E-state index contributed by atoms with van der Waals surface area (Å²) in [6.07, 6.45) is 1.62. The normalized spacial score (nSPS) is 11.2. The Balaban J connectivity index is 1.59. The van der Waals surface area contributed by atoms with Crippen LogP contribution in [0.1, 0.15) is 15.9 Å². The number of nitrogens with zero attached hydrogens (tertiary/aromatic N) is 5. The first-order chi connectivity index (χ1) is 14.6. The summed E-state index contributed by atoms with van der Waals surface area (Å²) in [6.45, 7) is 0.129. The van der Waals surface area contributed by atoms with Crippen LogP contribution in [0.3, 0.4) is 0 Å². The van der Waals surface area contributed by atoms with Crippen LogP contribution in [0.5, 0.6) is 0 Å². The summed E-state index contributed by atoms with van der Waals surface area (Å²) >= 11 is 0. The third-order valence-corrected chi connectivity index (χ3v) is 4.88. The van der Waals surface area contributed by atoms with Crippen LogP contribution in [0.2, 0.25) is 0 Å². The first-order valence-corrected chi connectivity index (χ1v) is 9.16. The van der Waals surface area contributed by atoms with Crippen LogP contribution in [0.25, 0.3) is 33.3 Å². The van der Waals surface area contributed by atoms with Crippen molar-refractivity contribution in [3.63, 3.8) is 0 Å². The minimum Gasteiger partial charge on any atom is -0.478 e. The average Bonchev–Trinajstić information content (AvgIpc) is 3.16. The molecule has 0 saturated carbocycles. The molecule has 2 aromatic carbocycles. The number of fused-ring (bicyclic) bond motifs is 2. The van der Waals surface area contributed by atoms with Gasteiger partial charge in [0.1, 0.15) is 11.3 Å². The molecule has 5 aromatic rings. The highest BCUT2D eigenvalue weighted by Crippen LogP contribution is 2.25. The molecule has 146 valence electrons. The number of hydrogen-bond donors (Lipinski definition) is 1. The molecule has 0 atom stereocenters. The molecule has 5 rings (SSSR count). The van der Waals surface area contributed by atoms with Crippen molar-refractivity contribution in [2.75, 3.05) is 0 Å². The molecular weight excluding hydrogens is 385 g/mol. The molecule has 8 heteroatoms. The lowest BCUT2D eigenvalue weighted by Crippen LogP contribution is -2.06. The Labute approximate surface area is 169 Å².